The number of hydrogen-bond acceptors (Lipinski definition) is 5. The summed E-state index contributed by atoms with van der Waals surface area (Å²) in [6.45, 7) is 0. The molecule has 1 amide bonds. The minimum atomic E-state index is -1.32. The van der Waals surface area contributed by atoms with Gasteiger partial charge in [0.1, 0.15) is 6.23 Å². The largest absolute Gasteiger partial charge is 0.704 e. The molecule has 2 rings (SSSR count). The fraction of sp³-hybridized carbons (Fsp3) is 0.444. The molecular formula is C9H9N4O5-. The average molecular weight is 253 g/mol. The van der Waals surface area contributed by atoms with Crippen molar-refractivity contribution < 1.29 is 14.6 Å². The van der Waals surface area contributed by atoms with Crippen molar-refractivity contribution in [1.29, 1.82) is 0 Å². The molecule has 0 aliphatic carbocycles. The lowest BCUT2D eigenvalue weighted by atomic mass is 10.2. The van der Waals surface area contributed by atoms with E-state index in [9.17, 15) is 19.5 Å². The SMILES string of the molecule is [N-]=NC(=O)[C@H]1O[C@@H](n2ccc(=O)[nH]c2=O)C[C@@H]1O. The molecule has 1 aromatic rings. The summed E-state index contributed by atoms with van der Waals surface area (Å²) in [7, 11) is 0. The Kier molecular flexibility index (Phi) is 3.17. The van der Waals surface area contributed by atoms with Gasteiger partial charge in [0.05, 0.1) is 6.10 Å². The highest BCUT2D eigenvalue weighted by Crippen LogP contribution is 2.28. The highest BCUT2D eigenvalue weighted by Gasteiger charge is 2.39. The first-order valence-electron chi connectivity index (χ1n) is 5.07. The normalized spacial score (nSPS) is 27.1. The zero-order valence-corrected chi connectivity index (χ0v) is 9.02. The summed E-state index contributed by atoms with van der Waals surface area (Å²) in [5.74, 6) is -1.03. The number of nitrogens with one attached hydrogen (secondary N) is 1. The molecule has 1 saturated heterocycles. The van der Waals surface area contributed by atoms with Crippen LogP contribution in [-0.4, -0.2) is 32.8 Å². The summed E-state index contributed by atoms with van der Waals surface area (Å²) in [6.07, 6.45) is -2.24. The number of aromatic amines is 1. The summed E-state index contributed by atoms with van der Waals surface area (Å²) in [5, 5.41) is 12.0. The summed E-state index contributed by atoms with van der Waals surface area (Å²) < 4.78 is 6.16. The van der Waals surface area contributed by atoms with Gasteiger partial charge in [-0.2, -0.15) is 0 Å². The third-order valence-corrected chi connectivity index (χ3v) is 2.60. The number of aliphatic hydroxyl groups is 1. The van der Waals surface area contributed by atoms with Crippen LogP contribution in [0.15, 0.2) is 27.0 Å². The highest BCUT2D eigenvalue weighted by molar-refractivity contribution is 5.82. The molecule has 1 fully saturated rings. The molecule has 0 spiro atoms. The zero-order chi connectivity index (χ0) is 13.3. The molecule has 0 radical (unpaired) electrons. The van der Waals surface area contributed by atoms with E-state index in [0.717, 1.165) is 10.6 Å². The Balaban J connectivity index is 2.27. The van der Waals surface area contributed by atoms with Crippen molar-refractivity contribution in [3.8, 4) is 0 Å². The Morgan fingerprint density at radius 3 is 2.94 bits per heavy atom. The second kappa shape index (κ2) is 4.63. The first-order chi connectivity index (χ1) is 8.52. The highest BCUT2D eigenvalue weighted by atomic mass is 16.5. The van der Waals surface area contributed by atoms with Crippen LogP contribution < -0.4 is 11.2 Å². The maximum absolute atomic E-state index is 11.5. The second-order valence-electron chi connectivity index (χ2n) is 3.77. The smallest absolute Gasteiger partial charge is 0.330 e. The lowest BCUT2D eigenvalue weighted by Gasteiger charge is -2.13. The first kappa shape index (κ1) is 12.3. The van der Waals surface area contributed by atoms with Gasteiger partial charge in [-0.3, -0.25) is 19.1 Å². The Morgan fingerprint density at radius 2 is 2.33 bits per heavy atom. The minimum Gasteiger partial charge on any atom is -0.704 e. The van der Waals surface area contributed by atoms with Crippen LogP contribution in [-0.2, 0) is 9.53 Å². The van der Waals surface area contributed by atoms with Crippen molar-refractivity contribution >= 4 is 5.91 Å². The van der Waals surface area contributed by atoms with E-state index in [4.69, 9.17) is 10.3 Å². The van der Waals surface area contributed by atoms with Crippen molar-refractivity contribution in [1.82, 2.24) is 9.55 Å². The van der Waals surface area contributed by atoms with Crippen LogP contribution >= 0.6 is 0 Å². The second-order valence-corrected chi connectivity index (χ2v) is 3.77. The van der Waals surface area contributed by atoms with Crippen LogP contribution in [0.1, 0.15) is 12.6 Å². The standard InChI is InChI=1S/C9H9N4O5/c10-12-8(16)7-4(14)3-6(18-7)13-2-1-5(15)11-9(13)17/h1-2,4,6-7,14H,3H2,(H,11,15,17)/q-1/t4-,6+,7-/m0/s1. The molecule has 2 heterocycles. The van der Waals surface area contributed by atoms with Crippen LogP contribution in [0, 0.1) is 0 Å². The Bertz CT molecular complexity index is 591. The predicted octanol–water partition coefficient (Wildman–Crippen LogP) is -1.27. The summed E-state index contributed by atoms with van der Waals surface area (Å²) in [6, 6.07) is 1.11. The minimum absolute atomic E-state index is 0.0299. The Labute approximate surface area is 99.5 Å². The maximum atomic E-state index is 11.5. The van der Waals surface area contributed by atoms with Gasteiger partial charge >= 0.3 is 5.69 Å². The summed E-state index contributed by atoms with van der Waals surface area (Å²) in [4.78, 5) is 35.5. The van der Waals surface area contributed by atoms with Gasteiger partial charge in [0.2, 0.25) is 0 Å². The number of hydrogen-bond donors (Lipinski definition) is 2. The monoisotopic (exact) mass is 253 g/mol. The summed E-state index contributed by atoms with van der Waals surface area (Å²) >= 11 is 0. The van der Waals surface area contributed by atoms with Gasteiger partial charge in [0, 0.05) is 18.7 Å². The van der Waals surface area contributed by atoms with E-state index in [1.54, 1.807) is 0 Å². The van der Waals surface area contributed by atoms with Crippen molar-refractivity contribution in [2.75, 3.05) is 0 Å². The number of rotatable bonds is 2. The molecule has 0 unspecified atom stereocenters. The number of carbonyl (C=O) groups is 1. The van der Waals surface area contributed by atoms with Crippen LogP contribution in [0.25, 0.3) is 5.53 Å². The molecule has 1 aliphatic rings. The van der Waals surface area contributed by atoms with E-state index in [0.29, 0.717) is 0 Å². The lowest BCUT2D eigenvalue weighted by Crippen LogP contribution is -2.32. The van der Waals surface area contributed by atoms with Gasteiger partial charge in [-0.15, -0.1) is 0 Å². The average Bonchev–Trinajstić information content (AvgIpc) is 2.70. The van der Waals surface area contributed by atoms with Gasteiger partial charge in [0.25, 0.3) is 11.5 Å². The van der Waals surface area contributed by atoms with Crippen molar-refractivity contribution in [3.63, 3.8) is 0 Å². The zero-order valence-electron chi connectivity index (χ0n) is 9.02. The number of ether oxygens (including phenoxy) is 1. The predicted molar refractivity (Wildman–Crippen MR) is 56.7 cm³/mol. The quantitative estimate of drug-likeness (QED) is 0.633. The Hall–Kier alpha value is -2.13. The maximum Gasteiger partial charge on any atom is 0.330 e. The molecule has 96 valence electrons. The van der Waals surface area contributed by atoms with E-state index < -0.39 is 35.6 Å². The number of nitrogens with zero attached hydrogens (tertiary/aromatic N) is 3. The summed E-state index contributed by atoms with van der Waals surface area (Å²) in [5.41, 5.74) is 7.05. The van der Waals surface area contributed by atoms with Crippen LogP contribution in [0.4, 0.5) is 0 Å². The third-order valence-electron chi connectivity index (χ3n) is 2.60. The van der Waals surface area contributed by atoms with E-state index >= 15 is 0 Å². The number of aromatic nitrogens is 2. The van der Waals surface area contributed by atoms with Crippen molar-refractivity contribution in [2.24, 2.45) is 5.11 Å². The first-order valence-corrected chi connectivity index (χ1v) is 5.07. The number of amides is 1. The Morgan fingerprint density at radius 1 is 1.61 bits per heavy atom. The number of aliphatic hydroxyl groups excluding tert-OH is 1. The van der Waals surface area contributed by atoms with Crippen LogP contribution in [0.2, 0.25) is 0 Å². The molecule has 0 saturated carbocycles. The number of H-pyrrole nitrogens is 1. The van der Waals surface area contributed by atoms with Gasteiger partial charge in [-0.25, -0.2) is 4.79 Å². The molecule has 0 bridgehead atoms. The molecule has 2 N–H and O–H groups in total. The van der Waals surface area contributed by atoms with Crippen molar-refractivity contribution in [2.45, 2.75) is 24.9 Å². The van der Waals surface area contributed by atoms with Gasteiger partial charge in [-0.1, -0.05) is 0 Å². The molecule has 3 atom stereocenters. The van der Waals surface area contributed by atoms with E-state index in [-0.39, 0.29) is 6.42 Å². The molecular weight excluding hydrogens is 244 g/mol. The van der Waals surface area contributed by atoms with Gasteiger partial charge in [-0.05, 0) is 0 Å². The molecule has 1 aliphatic heterocycles. The molecule has 9 nitrogen and oxygen atoms in total. The van der Waals surface area contributed by atoms with Crippen LogP contribution in [0.3, 0.4) is 0 Å². The lowest BCUT2D eigenvalue weighted by molar-refractivity contribution is -0.134. The number of carbonyl (C=O) groups excluding carboxylic acids is 1. The topological polar surface area (TPSA) is 136 Å². The van der Waals surface area contributed by atoms with E-state index in [1.165, 1.54) is 6.20 Å². The van der Waals surface area contributed by atoms with Crippen molar-refractivity contribution in [3.05, 3.63) is 38.6 Å². The molecule has 0 aromatic carbocycles. The molecule has 1 aromatic heterocycles. The van der Waals surface area contributed by atoms with Crippen LogP contribution in [0.5, 0.6) is 0 Å². The molecule has 18 heavy (non-hydrogen) atoms. The fourth-order valence-corrected chi connectivity index (χ4v) is 1.76. The van der Waals surface area contributed by atoms with E-state index in [2.05, 4.69) is 5.11 Å². The molecule has 9 heteroatoms. The fourth-order valence-electron chi connectivity index (χ4n) is 1.76. The van der Waals surface area contributed by atoms with E-state index in [1.807, 2.05) is 4.98 Å². The van der Waals surface area contributed by atoms with Gasteiger partial charge in [0.15, 0.2) is 6.10 Å². The third kappa shape index (κ3) is 2.13. The van der Waals surface area contributed by atoms with Gasteiger partial charge < -0.3 is 20.5 Å².